The number of amides is 1. The van der Waals surface area contributed by atoms with E-state index in [0.717, 1.165) is 36.8 Å². The number of benzene rings is 1. The second-order valence-corrected chi connectivity index (χ2v) is 8.12. The van der Waals surface area contributed by atoms with Crippen LogP contribution in [0, 0.1) is 12.7 Å². The Bertz CT molecular complexity index is 1100. The Kier molecular flexibility index (Phi) is 6.43. The SMILES string of the molecule is Cc1ccccc1-c1cncc(N(NC2CCCCC2N)c2ccc(C(N)=O)cn2)c1F. The summed E-state index contributed by atoms with van der Waals surface area (Å²) in [6, 6.07) is 10.7. The fourth-order valence-electron chi connectivity index (χ4n) is 4.06. The van der Waals surface area contributed by atoms with Gasteiger partial charge in [-0.05, 0) is 43.0 Å². The van der Waals surface area contributed by atoms with Gasteiger partial charge in [0, 0.05) is 30.0 Å². The minimum atomic E-state index is -0.577. The number of aromatic nitrogens is 2. The van der Waals surface area contributed by atoms with Crippen LogP contribution in [0.3, 0.4) is 0 Å². The molecule has 1 amide bonds. The highest BCUT2D eigenvalue weighted by atomic mass is 19.1. The Morgan fingerprint density at radius 2 is 1.88 bits per heavy atom. The van der Waals surface area contributed by atoms with E-state index >= 15 is 4.39 Å². The summed E-state index contributed by atoms with van der Waals surface area (Å²) in [4.78, 5) is 20.1. The number of primary amides is 1. The quantitative estimate of drug-likeness (QED) is 0.511. The van der Waals surface area contributed by atoms with Gasteiger partial charge in [0.15, 0.2) is 5.82 Å². The fourth-order valence-corrected chi connectivity index (χ4v) is 4.06. The van der Waals surface area contributed by atoms with Crippen LogP contribution in [0.15, 0.2) is 55.0 Å². The zero-order chi connectivity index (χ0) is 22.7. The van der Waals surface area contributed by atoms with Crippen molar-refractivity contribution in [1.29, 1.82) is 0 Å². The average Bonchev–Trinajstić information content (AvgIpc) is 2.80. The summed E-state index contributed by atoms with van der Waals surface area (Å²) < 4.78 is 15.9. The Morgan fingerprint density at radius 1 is 1.09 bits per heavy atom. The topological polar surface area (TPSA) is 110 Å². The summed E-state index contributed by atoms with van der Waals surface area (Å²) in [7, 11) is 0. The van der Waals surface area contributed by atoms with Crippen LogP contribution in [0.25, 0.3) is 11.1 Å². The van der Waals surface area contributed by atoms with E-state index in [4.69, 9.17) is 11.5 Å². The van der Waals surface area contributed by atoms with E-state index in [0.29, 0.717) is 11.4 Å². The summed E-state index contributed by atoms with van der Waals surface area (Å²) in [5, 5.41) is 1.57. The van der Waals surface area contributed by atoms with Crippen LogP contribution < -0.4 is 21.9 Å². The second kappa shape index (κ2) is 9.42. The van der Waals surface area contributed by atoms with Gasteiger partial charge in [0.2, 0.25) is 5.91 Å². The second-order valence-electron chi connectivity index (χ2n) is 8.12. The Hall–Kier alpha value is -3.36. The van der Waals surface area contributed by atoms with E-state index in [1.165, 1.54) is 18.6 Å². The average molecular weight is 435 g/mol. The molecule has 3 aromatic rings. The number of nitrogens with one attached hydrogen (secondary N) is 1. The van der Waals surface area contributed by atoms with Crippen LogP contribution in [-0.2, 0) is 0 Å². The molecular formula is C24H27FN6O. The van der Waals surface area contributed by atoms with Crippen molar-refractivity contribution in [2.24, 2.45) is 11.5 Å². The molecule has 2 heterocycles. The molecule has 8 heteroatoms. The van der Waals surface area contributed by atoms with Crippen LogP contribution in [0.4, 0.5) is 15.9 Å². The maximum absolute atomic E-state index is 15.9. The highest BCUT2D eigenvalue weighted by Crippen LogP contribution is 2.33. The molecule has 4 rings (SSSR count). The zero-order valence-electron chi connectivity index (χ0n) is 18.0. The first kappa shape index (κ1) is 21.9. The van der Waals surface area contributed by atoms with Crippen LogP contribution in [0.2, 0.25) is 0 Å². The molecule has 0 bridgehead atoms. The molecule has 1 aromatic carbocycles. The van der Waals surface area contributed by atoms with E-state index in [2.05, 4.69) is 15.4 Å². The van der Waals surface area contributed by atoms with Crippen molar-refractivity contribution in [1.82, 2.24) is 15.4 Å². The van der Waals surface area contributed by atoms with Gasteiger partial charge in [-0.3, -0.25) is 14.8 Å². The lowest BCUT2D eigenvalue weighted by Crippen LogP contribution is -2.53. The van der Waals surface area contributed by atoms with Gasteiger partial charge < -0.3 is 11.5 Å². The zero-order valence-corrected chi connectivity index (χ0v) is 18.0. The van der Waals surface area contributed by atoms with E-state index in [1.807, 2.05) is 31.2 Å². The molecule has 1 aliphatic carbocycles. The van der Waals surface area contributed by atoms with Crippen LogP contribution in [0.1, 0.15) is 41.6 Å². The third kappa shape index (κ3) is 4.46. The summed E-state index contributed by atoms with van der Waals surface area (Å²) >= 11 is 0. The molecule has 2 atom stereocenters. The smallest absolute Gasteiger partial charge is 0.250 e. The highest BCUT2D eigenvalue weighted by molar-refractivity contribution is 5.92. The Labute approximate surface area is 186 Å². The van der Waals surface area contributed by atoms with Gasteiger partial charge in [-0.1, -0.05) is 37.1 Å². The maximum atomic E-state index is 15.9. The monoisotopic (exact) mass is 434 g/mol. The summed E-state index contributed by atoms with van der Waals surface area (Å²) in [6.07, 6.45) is 8.23. The Morgan fingerprint density at radius 3 is 2.56 bits per heavy atom. The standard InChI is InChI=1S/C24H27FN6O/c1-15-6-2-3-7-17(15)18-13-28-14-21(23(18)25)31(30-20-9-5-4-8-19(20)26)22-11-10-16(12-29-22)24(27)32/h2-3,6-7,10-14,19-20,30H,4-5,8-9,26H2,1H3,(H2,27,32). The van der Waals surface area contributed by atoms with Gasteiger partial charge in [0.05, 0.1) is 11.8 Å². The molecule has 1 aliphatic rings. The predicted molar refractivity (Wildman–Crippen MR) is 123 cm³/mol. The van der Waals surface area contributed by atoms with Gasteiger partial charge in [-0.25, -0.2) is 14.8 Å². The van der Waals surface area contributed by atoms with E-state index < -0.39 is 11.7 Å². The van der Waals surface area contributed by atoms with Gasteiger partial charge in [0.25, 0.3) is 0 Å². The number of nitrogens with two attached hydrogens (primary N) is 2. The normalized spacial score (nSPS) is 18.3. The highest BCUT2D eigenvalue weighted by Gasteiger charge is 2.27. The fraction of sp³-hybridized carbons (Fsp3) is 0.292. The molecule has 7 nitrogen and oxygen atoms in total. The number of aryl methyl sites for hydroxylation is 1. The lowest BCUT2D eigenvalue weighted by Gasteiger charge is -2.35. The lowest BCUT2D eigenvalue weighted by atomic mass is 9.91. The molecule has 2 aromatic heterocycles. The number of carbonyl (C=O) groups is 1. The first-order chi connectivity index (χ1) is 15.5. The molecule has 1 saturated carbocycles. The summed E-state index contributed by atoms with van der Waals surface area (Å²) in [6.45, 7) is 1.93. The van der Waals surface area contributed by atoms with Crippen molar-refractivity contribution < 1.29 is 9.18 Å². The number of carbonyl (C=O) groups excluding carboxylic acids is 1. The molecular weight excluding hydrogens is 407 g/mol. The number of hydrogen-bond acceptors (Lipinski definition) is 6. The third-order valence-corrected chi connectivity index (χ3v) is 5.91. The van der Waals surface area contributed by atoms with Gasteiger partial charge in [-0.2, -0.15) is 0 Å². The first-order valence-electron chi connectivity index (χ1n) is 10.7. The van der Waals surface area contributed by atoms with Gasteiger partial charge >= 0.3 is 0 Å². The van der Waals surface area contributed by atoms with Gasteiger partial charge in [0.1, 0.15) is 11.5 Å². The van der Waals surface area contributed by atoms with E-state index in [9.17, 15) is 4.79 Å². The van der Waals surface area contributed by atoms with Crippen LogP contribution in [-0.4, -0.2) is 28.0 Å². The van der Waals surface area contributed by atoms with Gasteiger partial charge in [-0.15, -0.1) is 0 Å². The molecule has 2 unspecified atom stereocenters. The number of hydrogen-bond donors (Lipinski definition) is 3. The van der Waals surface area contributed by atoms with Crippen molar-refractivity contribution in [3.05, 3.63) is 71.9 Å². The van der Waals surface area contributed by atoms with Crippen LogP contribution in [0.5, 0.6) is 0 Å². The number of nitrogens with zero attached hydrogens (tertiary/aromatic N) is 3. The summed E-state index contributed by atoms with van der Waals surface area (Å²) in [5.74, 6) is -0.588. The largest absolute Gasteiger partial charge is 0.366 e. The number of halogens is 1. The van der Waals surface area contributed by atoms with Crippen molar-refractivity contribution in [2.45, 2.75) is 44.7 Å². The minimum Gasteiger partial charge on any atom is -0.366 e. The molecule has 166 valence electrons. The van der Waals surface area contributed by atoms with Crippen molar-refractivity contribution in [3.8, 4) is 11.1 Å². The van der Waals surface area contributed by atoms with Crippen LogP contribution >= 0.6 is 0 Å². The van der Waals surface area contributed by atoms with Crippen molar-refractivity contribution in [3.63, 3.8) is 0 Å². The van der Waals surface area contributed by atoms with Crippen molar-refractivity contribution >= 4 is 17.4 Å². The number of pyridine rings is 2. The van der Waals surface area contributed by atoms with E-state index in [1.54, 1.807) is 17.1 Å². The Balaban J connectivity index is 1.78. The minimum absolute atomic E-state index is 0.0529. The molecule has 5 N–H and O–H groups in total. The number of hydrazine groups is 1. The van der Waals surface area contributed by atoms with E-state index in [-0.39, 0.29) is 23.3 Å². The first-order valence-corrected chi connectivity index (χ1v) is 10.7. The molecule has 1 fully saturated rings. The number of rotatable bonds is 6. The lowest BCUT2D eigenvalue weighted by molar-refractivity contribution is 0.1000. The third-order valence-electron chi connectivity index (χ3n) is 5.91. The number of anilines is 2. The molecule has 32 heavy (non-hydrogen) atoms. The maximum Gasteiger partial charge on any atom is 0.250 e. The predicted octanol–water partition coefficient (Wildman–Crippen LogP) is 3.60. The molecule has 0 aliphatic heterocycles. The summed E-state index contributed by atoms with van der Waals surface area (Å²) in [5.41, 5.74) is 17.7. The van der Waals surface area contributed by atoms with Crippen molar-refractivity contribution in [2.75, 3.05) is 5.01 Å². The molecule has 0 saturated heterocycles. The molecule has 0 spiro atoms. The molecule has 0 radical (unpaired) electrons.